The Kier molecular flexibility index (Phi) is 7.56. The molecule has 0 aliphatic carbocycles. The lowest BCUT2D eigenvalue weighted by Gasteiger charge is -2.30. The van der Waals surface area contributed by atoms with Crippen LogP contribution in [0.25, 0.3) is 44.9 Å². The minimum absolute atomic E-state index is 0.0115. The number of nitrogens with zero attached hydrogens (tertiary/aromatic N) is 2. The molecule has 10 rings (SSSR count). The zero-order valence-corrected chi connectivity index (χ0v) is 31.9. The standard InChI is InChI=1S/C43H40N6O8/c1-6-42(53,7-2)40(52)45-27-17-20-14-15-28-25(16-20)43-24-12-8-11-22(31(24)49-41(43)55-28)21-10-9-13-26-29(21)23(18-44-26)34-32(39(51)54-5)47-38(56-34)33-35(43)57-37(48-33)30(19(3)4)46-36(27)50/h8-16,18-19,27,30,41,44,49,53H,6-7,17H2,1-5H3,(H,45,52)(H,46,50)/t27-,30-,41-,43?/m0/s1. The number of aliphatic hydroxyl groups is 1. The predicted molar refractivity (Wildman–Crippen MR) is 207 cm³/mol. The first-order valence-electron chi connectivity index (χ1n) is 19.3. The Bertz CT molecular complexity index is 2690. The summed E-state index contributed by atoms with van der Waals surface area (Å²) < 4.78 is 25.7. The maximum absolute atomic E-state index is 14.4. The number of oxazole rings is 2. The lowest BCUT2D eigenvalue weighted by Crippen LogP contribution is -2.55. The van der Waals surface area contributed by atoms with Crippen LogP contribution >= 0.6 is 0 Å². The third-order valence-corrected chi connectivity index (χ3v) is 12.2. The highest BCUT2D eigenvalue weighted by molar-refractivity contribution is 6.10. The van der Waals surface area contributed by atoms with Crippen molar-refractivity contribution in [3.05, 3.63) is 94.8 Å². The summed E-state index contributed by atoms with van der Waals surface area (Å²) in [5.41, 5.74) is 3.65. The van der Waals surface area contributed by atoms with Crippen molar-refractivity contribution < 1.29 is 37.8 Å². The van der Waals surface area contributed by atoms with Crippen molar-refractivity contribution in [3.63, 3.8) is 0 Å². The highest BCUT2D eigenvalue weighted by Gasteiger charge is 2.62. The van der Waals surface area contributed by atoms with Crippen LogP contribution in [0, 0.1) is 5.92 Å². The number of H-pyrrole nitrogens is 1. The fourth-order valence-electron chi connectivity index (χ4n) is 9.04. The molecule has 4 atom stereocenters. The largest absolute Gasteiger partial charge is 0.469 e. The number of ether oxygens (including phenoxy) is 2. The van der Waals surface area contributed by atoms with Gasteiger partial charge in [0.05, 0.1) is 7.11 Å². The number of amides is 2. The van der Waals surface area contributed by atoms with E-state index < -0.39 is 47.1 Å². The molecule has 290 valence electrons. The summed E-state index contributed by atoms with van der Waals surface area (Å²) in [6.07, 6.45) is 1.51. The summed E-state index contributed by atoms with van der Waals surface area (Å²) in [5, 5.41) is 21.7. The summed E-state index contributed by atoms with van der Waals surface area (Å²) >= 11 is 0. The van der Waals surface area contributed by atoms with Crippen LogP contribution in [0.4, 0.5) is 5.69 Å². The number of esters is 1. The molecule has 7 heterocycles. The van der Waals surface area contributed by atoms with Gasteiger partial charge in [-0.05, 0) is 42.0 Å². The third-order valence-electron chi connectivity index (χ3n) is 12.2. The average Bonchev–Trinajstić information content (AvgIpc) is 4.04. The Morgan fingerprint density at radius 3 is 2.58 bits per heavy atom. The molecular weight excluding hydrogens is 729 g/mol. The van der Waals surface area contributed by atoms with E-state index >= 15 is 0 Å². The molecule has 10 bridgehead atoms. The fraction of sp³-hybridized carbons (Fsp3) is 0.326. The number of hydrogen-bond donors (Lipinski definition) is 5. The van der Waals surface area contributed by atoms with E-state index in [1.165, 1.54) is 7.11 Å². The second kappa shape index (κ2) is 12.3. The van der Waals surface area contributed by atoms with Crippen LogP contribution in [0.15, 0.2) is 69.6 Å². The summed E-state index contributed by atoms with van der Waals surface area (Å²) in [5.74, 6) is -0.768. The Hall–Kier alpha value is -6.41. The van der Waals surface area contributed by atoms with Gasteiger partial charge in [0, 0.05) is 51.5 Å². The van der Waals surface area contributed by atoms with Crippen LogP contribution in [0.3, 0.4) is 0 Å². The number of para-hydroxylation sites is 1. The van der Waals surface area contributed by atoms with E-state index in [4.69, 9.17) is 28.3 Å². The molecule has 0 radical (unpaired) electrons. The molecule has 4 aliphatic rings. The van der Waals surface area contributed by atoms with Gasteiger partial charge in [0.1, 0.15) is 28.8 Å². The van der Waals surface area contributed by atoms with Gasteiger partial charge in [0.15, 0.2) is 29.1 Å². The molecule has 3 aromatic carbocycles. The van der Waals surface area contributed by atoms with Crippen LogP contribution < -0.4 is 20.7 Å². The van der Waals surface area contributed by atoms with Gasteiger partial charge in [-0.25, -0.2) is 9.78 Å². The molecule has 2 amide bonds. The molecule has 1 unspecified atom stereocenters. The molecular formula is C43H40N6O8. The van der Waals surface area contributed by atoms with Crippen LogP contribution in [0.1, 0.15) is 85.4 Å². The maximum atomic E-state index is 14.4. The summed E-state index contributed by atoms with van der Waals surface area (Å²) in [6.45, 7) is 7.32. The number of fused-ring (bicyclic) bond motifs is 7. The monoisotopic (exact) mass is 768 g/mol. The van der Waals surface area contributed by atoms with Crippen molar-refractivity contribution in [1.82, 2.24) is 25.6 Å². The number of aromatic nitrogens is 3. The van der Waals surface area contributed by atoms with E-state index in [-0.39, 0.29) is 54.1 Å². The highest BCUT2D eigenvalue weighted by Crippen LogP contribution is 2.61. The van der Waals surface area contributed by atoms with Crippen LogP contribution in [0.2, 0.25) is 0 Å². The molecule has 3 aromatic heterocycles. The van der Waals surface area contributed by atoms with Crippen molar-refractivity contribution in [2.75, 3.05) is 12.4 Å². The molecule has 4 aliphatic heterocycles. The van der Waals surface area contributed by atoms with E-state index in [9.17, 15) is 19.5 Å². The van der Waals surface area contributed by atoms with Crippen molar-refractivity contribution in [3.8, 4) is 39.8 Å². The first-order valence-corrected chi connectivity index (χ1v) is 19.3. The molecule has 14 nitrogen and oxygen atoms in total. The maximum Gasteiger partial charge on any atom is 0.360 e. The lowest BCUT2D eigenvalue weighted by molar-refractivity contribution is -0.143. The number of benzene rings is 3. The highest BCUT2D eigenvalue weighted by atomic mass is 16.5. The van der Waals surface area contributed by atoms with Crippen molar-refractivity contribution in [2.45, 2.75) is 76.3 Å². The summed E-state index contributed by atoms with van der Waals surface area (Å²) in [7, 11) is 1.29. The normalized spacial score (nSPS) is 21.2. The zero-order chi connectivity index (χ0) is 39.5. The molecule has 1 spiro atoms. The number of nitrogens with one attached hydrogen (secondary N) is 4. The fourth-order valence-corrected chi connectivity index (χ4v) is 9.04. The third kappa shape index (κ3) is 4.76. The second-order valence-corrected chi connectivity index (χ2v) is 15.6. The van der Waals surface area contributed by atoms with Crippen molar-refractivity contribution in [2.24, 2.45) is 5.92 Å². The number of methoxy groups -OCH3 is 1. The van der Waals surface area contributed by atoms with Gasteiger partial charge in [-0.15, -0.1) is 0 Å². The SMILES string of the molecule is CCC(O)(CC)C(=O)N[C@H]1Cc2ccc3c(c2)C24c5cccc(c5N[C@H]2O3)-c2cccc3[nH]cc(c23)-c2oc(nc2C(=O)OC)-c2nc(oc24)[C@H](C(C)C)NC1=O. The van der Waals surface area contributed by atoms with E-state index in [2.05, 4.69) is 20.9 Å². The summed E-state index contributed by atoms with van der Waals surface area (Å²) in [6, 6.07) is 15.9. The van der Waals surface area contributed by atoms with Gasteiger partial charge in [-0.3, -0.25) is 9.59 Å². The van der Waals surface area contributed by atoms with Gasteiger partial charge in [0.25, 0.3) is 5.91 Å². The van der Waals surface area contributed by atoms with Gasteiger partial charge in [0.2, 0.25) is 17.7 Å². The Morgan fingerprint density at radius 1 is 1.02 bits per heavy atom. The number of rotatable bonds is 6. The number of carbonyl (C=O) groups is 3. The molecule has 0 fully saturated rings. The lowest BCUT2D eigenvalue weighted by atomic mass is 9.72. The number of aromatic amines is 1. The Morgan fingerprint density at radius 2 is 1.81 bits per heavy atom. The average molecular weight is 769 g/mol. The number of hydrogen-bond acceptors (Lipinski definition) is 11. The molecule has 57 heavy (non-hydrogen) atoms. The zero-order valence-electron chi connectivity index (χ0n) is 31.9. The smallest absolute Gasteiger partial charge is 0.360 e. The topological polar surface area (TPSA) is 194 Å². The minimum Gasteiger partial charge on any atom is -0.469 e. The molecule has 5 N–H and O–H groups in total. The quantitative estimate of drug-likeness (QED) is 0.122. The van der Waals surface area contributed by atoms with Crippen molar-refractivity contribution >= 4 is 34.4 Å². The molecule has 0 saturated carbocycles. The summed E-state index contributed by atoms with van der Waals surface area (Å²) in [4.78, 5) is 54.7. The van der Waals surface area contributed by atoms with Gasteiger partial charge < -0.3 is 44.3 Å². The first kappa shape index (κ1) is 35.0. The van der Waals surface area contributed by atoms with E-state index in [1.54, 1.807) is 20.0 Å². The van der Waals surface area contributed by atoms with Crippen LogP contribution in [-0.2, 0) is 26.2 Å². The molecule has 0 saturated heterocycles. The van der Waals surface area contributed by atoms with Gasteiger partial charge in [-0.1, -0.05) is 70.2 Å². The van der Waals surface area contributed by atoms with Gasteiger partial charge in [-0.2, -0.15) is 4.98 Å². The van der Waals surface area contributed by atoms with E-state index in [0.717, 1.165) is 44.4 Å². The van der Waals surface area contributed by atoms with Crippen LogP contribution in [-0.4, -0.2) is 62.8 Å². The Balaban J connectivity index is 1.30. The first-order chi connectivity index (χ1) is 27.5. The molecule has 14 heteroatoms. The van der Waals surface area contributed by atoms with Crippen molar-refractivity contribution in [1.29, 1.82) is 0 Å². The number of anilines is 1. The van der Waals surface area contributed by atoms with Crippen LogP contribution in [0.5, 0.6) is 5.75 Å². The van der Waals surface area contributed by atoms with Gasteiger partial charge >= 0.3 is 5.97 Å². The minimum atomic E-state index is -1.65. The molecule has 6 aromatic rings. The predicted octanol–water partition coefficient (Wildman–Crippen LogP) is 6.13. The van der Waals surface area contributed by atoms with E-state index in [0.29, 0.717) is 17.1 Å². The number of carbonyl (C=O) groups excluding carboxylic acids is 3. The Labute approximate surface area is 326 Å². The second-order valence-electron chi connectivity index (χ2n) is 15.6. The van der Waals surface area contributed by atoms with E-state index in [1.807, 2.05) is 68.4 Å².